The summed E-state index contributed by atoms with van der Waals surface area (Å²) >= 11 is 7.12. The molecule has 2 rings (SSSR count). The smallest absolute Gasteiger partial charge is 0.242 e. The van der Waals surface area contributed by atoms with Gasteiger partial charge in [0.05, 0.1) is 6.04 Å². The molecule has 0 aliphatic rings. The predicted octanol–water partition coefficient (Wildman–Crippen LogP) is 3.26. The number of halogens is 1. The van der Waals surface area contributed by atoms with E-state index in [0.29, 0.717) is 12.3 Å². The fourth-order valence-corrected chi connectivity index (χ4v) is 3.90. The van der Waals surface area contributed by atoms with Gasteiger partial charge in [-0.2, -0.15) is 0 Å². The average molecular weight is 346 g/mol. The first-order valence-electron chi connectivity index (χ1n) is 6.42. The van der Waals surface area contributed by atoms with Gasteiger partial charge < -0.3 is 0 Å². The van der Waals surface area contributed by atoms with E-state index in [0.717, 1.165) is 5.01 Å². The first-order valence-corrected chi connectivity index (χ1v) is 9.16. The van der Waals surface area contributed by atoms with Crippen molar-refractivity contribution in [2.45, 2.75) is 31.2 Å². The van der Waals surface area contributed by atoms with Crippen molar-refractivity contribution >= 4 is 33.0 Å². The first-order chi connectivity index (χ1) is 9.88. The van der Waals surface area contributed by atoms with Crippen LogP contribution in [-0.2, 0) is 10.0 Å². The molecule has 0 radical (unpaired) electrons. The van der Waals surface area contributed by atoms with E-state index >= 15 is 0 Å². The van der Waals surface area contributed by atoms with Crippen molar-refractivity contribution in [2.24, 2.45) is 5.92 Å². The summed E-state index contributed by atoms with van der Waals surface area (Å²) < 4.78 is 27.5. The number of nitrogens with zero attached hydrogens (tertiary/aromatic N) is 2. The van der Waals surface area contributed by atoms with Crippen LogP contribution >= 0.6 is 22.9 Å². The summed E-state index contributed by atoms with van der Waals surface area (Å²) in [4.78, 5) is 8.12. The molecule has 114 valence electrons. The Morgan fingerprint density at radius 3 is 2.62 bits per heavy atom. The minimum Gasteiger partial charge on any atom is -0.248 e. The van der Waals surface area contributed by atoms with Crippen LogP contribution in [0.25, 0.3) is 0 Å². The Morgan fingerprint density at radius 1 is 1.33 bits per heavy atom. The molecule has 2 heterocycles. The van der Waals surface area contributed by atoms with Gasteiger partial charge in [-0.1, -0.05) is 25.4 Å². The Kier molecular flexibility index (Phi) is 5.32. The Bertz CT molecular complexity index is 670. The molecule has 0 saturated carbocycles. The highest BCUT2D eigenvalue weighted by atomic mass is 35.5. The van der Waals surface area contributed by atoms with Crippen molar-refractivity contribution in [3.05, 3.63) is 40.1 Å². The van der Waals surface area contributed by atoms with Crippen molar-refractivity contribution in [3.8, 4) is 0 Å². The molecule has 0 amide bonds. The lowest BCUT2D eigenvalue weighted by atomic mass is 10.1. The Labute approximate surface area is 133 Å². The van der Waals surface area contributed by atoms with Crippen molar-refractivity contribution in [1.29, 1.82) is 0 Å². The zero-order valence-corrected chi connectivity index (χ0v) is 14.0. The fraction of sp³-hybridized carbons (Fsp3) is 0.385. The molecule has 0 bridgehead atoms. The van der Waals surface area contributed by atoms with Crippen LogP contribution in [-0.4, -0.2) is 18.4 Å². The third-order valence-electron chi connectivity index (χ3n) is 2.76. The molecule has 0 fully saturated rings. The highest BCUT2D eigenvalue weighted by molar-refractivity contribution is 7.89. The largest absolute Gasteiger partial charge is 0.248 e. The minimum absolute atomic E-state index is 0.0946. The van der Waals surface area contributed by atoms with Crippen LogP contribution in [0.2, 0.25) is 5.15 Å². The summed E-state index contributed by atoms with van der Waals surface area (Å²) in [7, 11) is -3.65. The first kappa shape index (κ1) is 16.4. The number of nitrogens with one attached hydrogen (secondary N) is 1. The molecule has 8 heteroatoms. The third-order valence-corrected chi connectivity index (χ3v) is 5.33. The number of sulfonamides is 1. The van der Waals surface area contributed by atoms with Crippen LogP contribution in [0.15, 0.2) is 34.8 Å². The van der Waals surface area contributed by atoms with E-state index in [-0.39, 0.29) is 16.1 Å². The molecule has 2 aromatic heterocycles. The van der Waals surface area contributed by atoms with E-state index in [1.807, 2.05) is 19.2 Å². The lowest BCUT2D eigenvalue weighted by Crippen LogP contribution is -2.29. The molecule has 0 aliphatic carbocycles. The van der Waals surface area contributed by atoms with E-state index in [1.165, 1.54) is 29.7 Å². The van der Waals surface area contributed by atoms with Crippen LogP contribution in [0, 0.1) is 5.92 Å². The van der Waals surface area contributed by atoms with E-state index in [9.17, 15) is 8.42 Å². The molecule has 0 aliphatic heterocycles. The van der Waals surface area contributed by atoms with Gasteiger partial charge in [-0.05, 0) is 24.5 Å². The molecule has 5 nitrogen and oxygen atoms in total. The van der Waals surface area contributed by atoms with E-state index in [2.05, 4.69) is 14.7 Å². The predicted molar refractivity (Wildman–Crippen MR) is 83.9 cm³/mol. The summed E-state index contributed by atoms with van der Waals surface area (Å²) in [6.07, 6.45) is 3.60. The second-order valence-electron chi connectivity index (χ2n) is 4.99. The Hall–Kier alpha value is -1.02. The lowest BCUT2D eigenvalue weighted by molar-refractivity contribution is 0.470. The summed E-state index contributed by atoms with van der Waals surface area (Å²) in [5, 5.41) is 2.85. The minimum atomic E-state index is -3.65. The van der Waals surface area contributed by atoms with Gasteiger partial charge in [-0.25, -0.2) is 23.1 Å². The summed E-state index contributed by atoms with van der Waals surface area (Å²) in [5.41, 5.74) is 0. The quantitative estimate of drug-likeness (QED) is 0.816. The lowest BCUT2D eigenvalue weighted by Gasteiger charge is -2.18. The van der Waals surface area contributed by atoms with Gasteiger partial charge in [-0.15, -0.1) is 11.3 Å². The summed E-state index contributed by atoms with van der Waals surface area (Å²) in [6, 6.07) is 2.55. The molecule has 1 N–H and O–H groups in total. The van der Waals surface area contributed by atoms with Gasteiger partial charge in [-0.3, -0.25) is 0 Å². The highest BCUT2D eigenvalue weighted by Crippen LogP contribution is 2.25. The molecule has 1 atom stereocenters. The second-order valence-corrected chi connectivity index (χ2v) is 8.02. The number of thiazole rings is 1. The zero-order chi connectivity index (χ0) is 15.5. The van der Waals surface area contributed by atoms with Gasteiger partial charge in [0.1, 0.15) is 15.1 Å². The van der Waals surface area contributed by atoms with Gasteiger partial charge in [0, 0.05) is 17.8 Å². The van der Waals surface area contributed by atoms with Crippen molar-refractivity contribution in [1.82, 2.24) is 14.7 Å². The molecule has 1 unspecified atom stereocenters. The summed E-state index contributed by atoms with van der Waals surface area (Å²) in [6.45, 7) is 4.08. The van der Waals surface area contributed by atoms with Crippen LogP contribution in [0.1, 0.15) is 31.3 Å². The Balaban J connectivity index is 2.24. The molecule has 0 spiro atoms. The van der Waals surface area contributed by atoms with Gasteiger partial charge in [0.15, 0.2) is 0 Å². The van der Waals surface area contributed by atoms with Crippen LogP contribution < -0.4 is 4.72 Å². The number of hydrogen-bond acceptors (Lipinski definition) is 5. The van der Waals surface area contributed by atoms with Gasteiger partial charge >= 0.3 is 0 Å². The molecular formula is C13H16ClN3O2S2. The number of rotatable bonds is 6. The van der Waals surface area contributed by atoms with Crippen molar-refractivity contribution in [3.63, 3.8) is 0 Å². The molecule has 0 saturated heterocycles. The normalized spacial score (nSPS) is 13.5. The topological polar surface area (TPSA) is 72.0 Å². The SMILES string of the molecule is CC(C)CC(NS(=O)(=O)c1ccc(Cl)nc1)c1nccs1. The maximum Gasteiger partial charge on any atom is 0.242 e. The third kappa shape index (κ3) is 4.47. The van der Waals surface area contributed by atoms with Crippen molar-refractivity contribution < 1.29 is 8.42 Å². The average Bonchev–Trinajstić information content (AvgIpc) is 2.91. The maximum absolute atomic E-state index is 12.4. The molecule has 21 heavy (non-hydrogen) atoms. The van der Waals surface area contributed by atoms with Gasteiger partial charge in [0.2, 0.25) is 10.0 Å². The maximum atomic E-state index is 12.4. The Morgan fingerprint density at radius 2 is 2.10 bits per heavy atom. The van der Waals surface area contributed by atoms with Crippen LogP contribution in [0.3, 0.4) is 0 Å². The standard InChI is InChI=1S/C13H16ClN3O2S2/c1-9(2)7-11(13-15-5-6-20-13)17-21(18,19)10-3-4-12(14)16-8-10/h3-6,8-9,11,17H,7H2,1-2H3. The number of pyridine rings is 1. The molecular weight excluding hydrogens is 330 g/mol. The van der Waals surface area contributed by atoms with Crippen LogP contribution in [0.5, 0.6) is 0 Å². The second kappa shape index (κ2) is 6.83. The van der Waals surface area contributed by atoms with E-state index in [4.69, 9.17) is 11.6 Å². The van der Waals surface area contributed by atoms with Crippen LogP contribution in [0.4, 0.5) is 0 Å². The summed E-state index contributed by atoms with van der Waals surface area (Å²) in [5.74, 6) is 0.338. The zero-order valence-electron chi connectivity index (χ0n) is 11.7. The molecule has 0 aromatic carbocycles. The van der Waals surface area contributed by atoms with Gasteiger partial charge in [0.25, 0.3) is 0 Å². The monoisotopic (exact) mass is 345 g/mol. The fourth-order valence-electron chi connectivity index (χ4n) is 1.85. The van der Waals surface area contributed by atoms with E-state index in [1.54, 1.807) is 6.20 Å². The number of hydrogen-bond donors (Lipinski definition) is 1. The number of aromatic nitrogens is 2. The van der Waals surface area contributed by atoms with Crippen molar-refractivity contribution in [2.75, 3.05) is 0 Å². The molecule has 2 aromatic rings. The highest BCUT2D eigenvalue weighted by Gasteiger charge is 2.24. The van der Waals surface area contributed by atoms with E-state index < -0.39 is 10.0 Å².